The van der Waals surface area contributed by atoms with E-state index in [9.17, 15) is 0 Å². The first-order chi connectivity index (χ1) is 12.2. The van der Waals surface area contributed by atoms with Crippen molar-refractivity contribution in [2.24, 2.45) is 0 Å². The number of benzene rings is 2. The molecule has 1 aliphatic heterocycles. The minimum atomic E-state index is 0.226. The summed E-state index contributed by atoms with van der Waals surface area (Å²) in [6, 6.07) is 21.5. The first-order valence-electron chi connectivity index (χ1n) is 8.82. The molecule has 1 atom stereocenters. The van der Waals surface area contributed by atoms with E-state index in [0.29, 0.717) is 0 Å². The van der Waals surface area contributed by atoms with E-state index in [-0.39, 0.29) is 6.04 Å². The van der Waals surface area contributed by atoms with Gasteiger partial charge < -0.3 is 10.2 Å². The average molecular weight is 346 g/mol. The molecule has 2 nitrogen and oxygen atoms in total. The fourth-order valence-electron chi connectivity index (χ4n) is 3.86. The van der Waals surface area contributed by atoms with Crippen LogP contribution < -0.4 is 5.32 Å². The summed E-state index contributed by atoms with van der Waals surface area (Å²) in [7, 11) is 2.09. The topological polar surface area (TPSA) is 15.3 Å². The number of rotatable bonds is 2. The predicted octanol–water partition coefficient (Wildman–Crippen LogP) is 5.07. The number of likely N-dealkylation sites (N-methyl/N-ethyl adjacent to an activating group) is 1. The van der Waals surface area contributed by atoms with Gasteiger partial charge in [-0.2, -0.15) is 0 Å². The Morgan fingerprint density at radius 2 is 1.68 bits per heavy atom. The summed E-state index contributed by atoms with van der Waals surface area (Å²) >= 11 is 5.64. The van der Waals surface area contributed by atoms with Crippen molar-refractivity contribution in [3.8, 4) is 0 Å². The zero-order valence-electron chi connectivity index (χ0n) is 14.4. The normalized spacial score (nSPS) is 22.0. The van der Waals surface area contributed by atoms with Crippen molar-refractivity contribution in [3.05, 3.63) is 88.6 Å². The summed E-state index contributed by atoms with van der Waals surface area (Å²) in [5.41, 5.74) is 6.61. The molecule has 2 aliphatic rings. The predicted molar refractivity (Wildman–Crippen MR) is 108 cm³/mol. The van der Waals surface area contributed by atoms with Gasteiger partial charge >= 0.3 is 0 Å². The molecule has 0 radical (unpaired) electrons. The Morgan fingerprint density at radius 3 is 2.40 bits per heavy atom. The molecule has 1 unspecified atom stereocenters. The molecule has 2 aromatic rings. The van der Waals surface area contributed by atoms with E-state index >= 15 is 0 Å². The molecule has 0 fully saturated rings. The minimum absolute atomic E-state index is 0.226. The van der Waals surface area contributed by atoms with Crippen LogP contribution in [0.5, 0.6) is 0 Å². The minimum Gasteiger partial charge on any atom is -0.341 e. The van der Waals surface area contributed by atoms with Gasteiger partial charge in [-0.1, -0.05) is 60.7 Å². The van der Waals surface area contributed by atoms with Crippen molar-refractivity contribution in [1.82, 2.24) is 10.2 Å². The molecule has 2 aromatic carbocycles. The fourth-order valence-corrected chi connectivity index (χ4v) is 4.07. The lowest BCUT2D eigenvalue weighted by Gasteiger charge is -2.41. The summed E-state index contributed by atoms with van der Waals surface area (Å²) in [5.74, 6) is 0. The molecular formula is C22H22N2S. The van der Waals surface area contributed by atoms with E-state index in [2.05, 4.69) is 84.0 Å². The molecule has 0 bridgehead atoms. The van der Waals surface area contributed by atoms with Gasteiger partial charge in [0.2, 0.25) is 0 Å². The van der Waals surface area contributed by atoms with Crippen LogP contribution in [-0.2, 0) is 0 Å². The lowest BCUT2D eigenvalue weighted by Crippen LogP contribution is -2.46. The monoisotopic (exact) mass is 346 g/mol. The second kappa shape index (κ2) is 6.85. The van der Waals surface area contributed by atoms with Crippen LogP contribution >= 0.6 is 12.2 Å². The third-order valence-electron chi connectivity index (χ3n) is 5.06. The molecule has 3 heteroatoms. The SMILES string of the molecule is CN1C(=S)NC2=C(CCC/C2=C\c2ccccc2)C1c1ccccc1. The number of nitrogens with one attached hydrogen (secondary N) is 1. The van der Waals surface area contributed by atoms with Gasteiger partial charge in [0.1, 0.15) is 0 Å². The van der Waals surface area contributed by atoms with Gasteiger partial charge in [-0.3, -0.25) is 0 Å². The van der Waals surface area contributed by atoms with Gasteiger partial charge in [0.05, 0.1) is 6.04 Å². The molecule has 126 valence electrons. The van der Waals surface area contributed by atoms with Crippen LogP contribution in [0.1, 0.15) is 36.4 Å². The zero-order valence-corrected chi connectivity index (χ0v) is 15.2. The van der Waals surface area contributed by atoms with Crippen LogP contribution in [0.3, 0.4) is 0 Å². The highest BCUT2D eigenvalue weighted by molar-refractivity contribution is 7.80. The lowest BCUT2D eigenvalue weighted by atomic mass is 9.83. The van der Waals surface area contributed by atoms with Crippen LogP contribution in [0, 0.1) is 0 Å². The van der Waals surface area contributed by atoms with Crippen molar-refractivity contribution >= 4 is 23.4 Å². The van der Waals surface area contributed by atoms with Gasteiger partial charge in [-0.25, -0.2) is 0 Å². The number of thiocarbonyl (C=S) groups is 1. The molecule has 25 heavy (non-hydrogen) atoms. The number of hydrogen-bond donors (Lipinski definition) is 1. The van der Waals surface area contributed by atoms with Gasteiger partial charge in [0, 0.05) is 12.7 Å². The fraction of sp³-hybridized carbons (Fsp3) is 0.227. The van der Waals surface area contributed by atoms with Crippen LogP contribution in [-0.4, -0.2) is 17.1 Å². The molecule has 1 aliphatic carbocycles. The summed E-state index contributed by atoms with van der Waals surface area (Å²) in [4.78, 5) is 2.19. The Kier molecular flexibility index (Phi) is 4.41. The first kappa shape index (κ1) is 16.1. The number of hydrogen-bond acceptors (Lipinski definition) is 1. The maximum absolute atomic E-state index is 5.64. The van der Waals surface area contributed by atoms with E-state index in [1.165, 1.54) is 34.4 Å². The van der Waals surface area contributed by atoms with E-state index in [1.54, 1.807) is 0 Å². The third kappa shape index (κ3) is 3.12. The summed E-state index contributed by atoms with van der Waals surface area (Å²) in [6.45, 7) is 0. The zero-order chi connectivity index (χ0) is 17.2. The summed E-state index contributed by atoms with van der Waals surface area (Å²) in [5, 5.41) is 4.31. The van der Waals surface area contributed by atoms with Crippen molar-refractivity contribution in [3.63, 3.8) is 0 Å². The molecule has 1 heterocycles. The Morgan fingerprint density at radius 1 is 1.00 bits per heavy atom. The Balaban J connectivity index is 1.81. The molecule has 0 spiro atoms. The van der Waals surface area contributed by atoms with Gasteiger partial charge in [0.25, 0.3) is 0 Å². The van der Waals surface area contributed by atoms with Crippen LogP contribution in [0.2, 0.25) is 0 Å². The first-order valence-corrected chi connectivity index (χ1v) is 9.22. The number of nitrogens with zero attached hydrogens (tertiary/aromatic N) is 1. The lowest BCUT2D eigenvalue weighted by molar-refractivity contribution is 0.383. The molecule has 0 amide bonds. The second-order valence-corrected chi connectivity index (χ2v) is 7.08. The van der Waals surface area contributed by atoms with E-state index in [1.807, 2.05) is 0 Å². The molecule has 0 saturated heterocycles. The van der Waals surface area contributed by atoms with Crippen molar-refractivity contribution < 1.29 is 0 Å². The Bertz CT molecular complexity index is 837. The van der Waals surface area contributed by atoms with Crippen molar-refractivity contribution in [2.75, 3.05) is 7.05 Å². The highest BCUT2D eigenvalue weighted by atomic mass is 32.1. The standard InChI is InChI=1S/C22H22N2S/c1-24-21(17-11-6-3-7-12-17)19-14-8-13-18(20(19)23-22(24)25)15-16-9-4-2-5-10-16/h2-7,9-12,15,21H,8,13-14H2,1H3,(H,23,25)/b18-15+. The Hall–Kier alpha value is -2.39. The van der Waals surface area contributed by atoms with E-state index < -0.39 is 0 Å². The quantitative estimate of drug-likeness (QED) is 0.764. The Labute approximate surface area is 154 Å². The van der Waals surface area contributed by atoms with Gasteiger partial charge in [0.15, 0.2) is 5.11 Å². The van der Waals surface area contributed by atoms with Crippen LogP contribution in [0.25, 0.3) is 6.08 Å². The van der Waals surface area contributed by atoms with Gasteiger partial charge in [-0.15, -0.1) is 0 Å². The van der Waals surface area contributed by atoms with Crippen molar-refractivity contribution in [1.29, 1.82) is 0 Å². The average Bonchev–Trinajstić information content (AvgIpc) is 2.65. The smallest absolute Gasteiger partial charge is 0.173 e. The summed E-state index contributed by atoms with van der Waals surface area (Å²) in [6.07, 6.45) is 5.69. The molecule has 1 N–H and O–H groups in total. The molecular weight excluding hydrogens is 324 g/mol. The third-order valence-corrected chi connectivity index (χ3v) is 5.45. The molecule has 4 rings (SSSR count). The maximum atomic E-state index is 5.64. The molecule has 0 saturated carbocycles. The van der Waals surface area contributed by atoms with Crippen LogP contribution in [0.15, 0.2) is 77.5 Å². The number of allylic oxidation sites excluding steroid dienone is 1. The van der Waals surface area contributed by atoms with Crippen molar-refractivity contribution in [2.45, 2.75) is 25.3 Å². The van der Waals surface area contributed by atoms with Crippen LogP contribution in [0.4, 0.5) is 0 Å². The second-order valence-electron chi connectivity index (χ2n) is 6.69. The molecule has 0 aromatic heterocycles. The maximum Gasteiger partial charge on any atom is 0.173 e. The largest absolute Gasteiger partial charge is 0.341 e. The highest BCUT2D eigenvalue weighted by Crippen LogP contribution is 2.41. The van der Waals surface area contributed by atoms with E-state index in [4.69, 9.17) is 12.2 Å². The highest BCUT2D eigenvalue weighted by Gasteiger charge is 2.33. The van der Waals surface area contributed by atoms with E-state index in [0.717, 1.165) is 18.0 Å². The summed E-state index contributed by atoms with van der Waals surface area (Å²) < 4.78 is 0. The van der Waals surface area contributed by atoms with Gasteiger partial charge in [-0.05, 0) is 59.8 Å².